The Morgan fingerprint density at radius 3 is 2.43 bits per heavy atom. The maximum absolute atomic E-state index is 11.6. The molecular formula is C22H25N3O2S. The minimum atomic E-state index is -0.286. The summed E-state index contributed by atoms with van der Waals surface area (Å²) in [4.78, 5) is 11.6. The quantitative estimate of drug-likeness (QED) is 0.403. The molecule has 0 spiro atoms. The van der Waals surface area contributed by atoms with E-state index in [0.717, 1.165) is 23.5 Å². The number of thioether (sulfide) groups is 1. The van der Waals surface area contributed by atoms with Crippen molar-refractivity contribution in [3.05, 3.63) is 59.7 Å². The molecular weight excluding hydrogens is 370 g/mol. The molecule has 0 aliphatic rings. The van der Waals surface area contributed by atoms with E-state index in [2.05, 4.69) is 60.4 Å². The number of esters is 1. The van der Waals surface area contributed by atoms with Crippen molar-refractivity contribution < 1.29 is 9.53 Å². The summed E-state index contributed by atoms with van der Waals surface area (Å²) >= 11 is 1.33. The molecule has 0 amide bonds. The summed E-state index contributed by atoms with van der Waals surface area (Å²) in [5.74, 6) is 0.664. The van der Waals surface area contributed by atoms with Gasteiger partial charge in [-0.15, -0.1) is 10.2 Å². The average Bonchev–Trinajstić information content (AvgIpc) is 3.15. The van der Waals surface area contributed by atoms with Crippen LogP contribution in [0.5, 0.6) is 0 Å². The molecule has 5 nitrogen and oxygen atoms in total. The number of ether oxygens (including phenoxy) is 1. The molecule has 0 N–H and O–H groups in total. The fraction of sp³-hybridized carbons (Fsp3) is 0.318. The Balaban J connectivity index is 1.98. The van der Waals surface area contributed by atoms with Crippen LogP contribution < -0.4 is 0 Å². The number of aromatic nitrogens is 3. The van der Waals surface area contributed by atoms with Crippen molar-refractivity contribution >= 4 is 17.7 Å². The molecule has 1 aromatic heterocycles. The van der Waals surface area contributed by atoms with E-state index < -0.39 is 0 Å². The Morgan fingerprint density at radius 2 is 1.79 bits per heavy atom. The van der Waals surface area contributed by atoms with Gasteiger partial charge in [-0.25, -0.2) is 0 Å². The van der Waals surface area contributed by atoms with Crippen molar-refractivity contribution in [1.29, 1.82) is 0 Å². The Kier molecular flexibility index (Phi) is 6.87. The van der Waals surface area contributed by atoms with Crippen LogP contribution in [-0.2, 0) is 16.0 Å². The first kappa shape index (κ1) is 20.1. The molecule has 0 aliphatic heterocycles. The third-order valence-corrected chi connectivity index (χ3v) is 5.41. The summed E-state index contributed by atoms with van der Waals surface area (Å²) in [7, 11) is 1.39. The number of hydrogen-bond donors (Lipinski definition) is 0. The Labute approximate surface area is 170 Å². The zero-order valence-corrected chi connectivity index (χ0v) is 17.3. The summed E-state index contributed by atoms with van der Waals surface area (Å²) in [6, 6.07) is 16.7. The lowest BCUT2D eigenvalue weighted by atomic mass is 10.1. The summed E-state index contributed by atoms with van der Waals surface area (Å²) in [5.41, 5.74) is 4.47. The lowest BCUT2D eigenvalue weighted by molar-refractivity contribution is -0.137. The summed E-state index contributed by atoms with van der Waals surface area (Å²) < 4.78 is 6.76. The number of carbonyl (C=O) groups is 1. The zero-order valence-electron chi connectivity index (χ0n) is 16.5. The Morgan fingerprint density at radius 1 is 1.07 bits per heavy atom. The van der Waals surface area contributed by atoms with Crippen LogP contribution in [0.1, 0.15) is 30.9 Å². The number of rotatable bonds is 8. The van der Waals surface area contributed by atoms with Gasteiger partial charge < -0.3 is 4.74 Å². The minimum absolute atomic E-state index is 0.192. The maximum Gasteiger partial charge on any atom is 0.316 e. The normalized spacial score (nSPS) is 10.8. The summed E-state index contributed by atoms with van der Waals surface area (Å²) in [5, 5.41) is 9.41. The SMILES string of the molecule is CCCCc1ccc(-n2c(SCC(=O)OC)nnc2-c2ccc(C)cc2)cc1. The number of carbonyl (C=O) groups excluding carboxylic acids is 1. The van der Waals surface area contributed by atoms with Crippen molar-refractivity contribution in [2.24, 2.45) is 0 Å². The molecule has 0 radical (unpaired) electrons. The van der Waals surface area contributed by atoms with Crippen LogP contribution in [-0.4, -0.2) is 33.6 Å². The van der Waals surface area contributed by atoms with E-state index in [4.69, 9.17) is 4.74 Å². The number of nitrogens with zero attached hydrogens (tertiary/aromatic N) is 3. The fourth-order valence-corrected chi connectivity index (χ4v) is 3.65. The van der Waals surface area contributed by atoms with Crippen LogP contribution >= 0.6 is 11.8 Å². The van der Waals surface area contributed by atoms with Crippen molar-refractivity contribution in [3.8, 4) is 17.1 Å². The number of hydrogen-bond acceptors (Lipinski definition) is 5. The van der Waals surface area contributed by atoms with Crippen molar-refractivity contribution in [2.75, 3.05) is 12.9 Å². The monoisotopic (exact) mass is 395 g/mol. The van der Waals surface area contributed by atoms with E-state index in [1.807, 2.05) is 16.7 Å². The van der Waals surface area contributed by atoms with Crippen LogP contribution in [0.2, 0.25) is 0 Å². The average molecular weight is 396 g/mol. The van der Waals surface area contributed by atoms with Gasteiger partial charge in [0, 0.05) is 11.3 Å². The Hall–Kier alpha value is -2.60. The fourth-order valence-electron chi connectivity index (χ4n) is 2.86. The molecule has 0 saturated carbocycles. The molecule has 6 heteroatoms. The summed E-state index contributed by atoms with van der Waals surface area (Å²) in [6.45, 7) is 4.26. The third kappa shape index (κ3) is 4.81. The number of unbranched alkanes of at least 4 members (excludes halogenated alkanes) is 1. The molecule has 3 aromatic rings. The van der Waals surface area contributed by atoms with Gasteiger partial charge >= 0.3 is 5.97 Å². The van der Waals surface area contributed by atoms with Crippen molar-refractivity contribution in [1.82, 2.24) is 14.8 Å². The first-order chi connectivity index (χ1) is 13.6. The Bertz CT molecular complexity index is 918. The van der Waals surface area contributed by atoms with Gasteiger partial charge in [0.05, 0.1) is 12.9 Å². The van der Waals surface area contributed by atoms with E-state index in [0.29, 0.717) is 5.16 Å². The van der Waals surface area contributed by atoms with E-state index in [-0.39, 0.29) is 11.7 Å². The van der Waals surface area contributed by atoms with Crippen LogP contribution in [0.15, 0.2) is 53.7 Å². The highest BCUT2D eigenvalue weighted by molar-refractivity contribution is 7.99. The highest BCUT2D eigenvalue weighted by Gasteiger charge is 2.17. The van der Waals surface area contributed by atoms with Crippen LogP contribution in [0, 0.1) is 6.92 Å². The zero-order chi connectivity index (χ0) is 19.9. The first-order valence-electron chi connectivity index (χ1n) is 9.43. The smallest absolute Gasteiger partial charge is 0.316 e. The van der Waals surface area contributed by atoms with Gasteiger partial charge in [-0.3, -0.25) is 9.36 Å². The predicted molar refractivity (Wildman–Crippen MR) is 113 cm³/mol. The first-order valence-corrected chi connectivity index (χ1v) is 10.4. The number of benzene rings is 2. The second kappa shape index (κ2) is 9.55. The van der Waals surface area contributed by atoms with Gasteiger partial charge in [0.2, 0.25) is 0 Å². The summed E-state index contributed by atoms with van der Waals surface area (Å²) in [6.07, 6.45) is 3.44. The maximum atomic E-state index is 11.6. The van der Waals surface area contributed by atoms with Crippen LogP contribution in [0.25, 0.3) is 17.1 Å². The molecule has 0 fully saturated rings. The van der Waals surface area contributed by atoms with Crippen molar-refractivity contribution in [3.63, 3.8) is 0 Å². The second-order valence-corrected chi connectivity index (χ2v) is 7.58. The number of aryl methyl sites for hydroxylation is 2. The standard InChI is InChI=1S/C22H25N3O2S/c1-4-5-6-17-9-13-19(14-10-17)25-21(18-11-7-16(2)8-12-18)23-24-22(25)28-15-20(26)27-3/h7-14H,4-6,15H2,1-3H3. The molecule has 0 saturated heterocycles. The van der Waals surface area contributed by atoms with E-state index in [9.17, 15) is 4.79 Å². The topological polar surface area (TPSA) is 57.0 Å². The van der Waals surface area contributed by atoms with Gasteiger partial charge in [0.15, 0.2) is 11.0 Å². The number of methoxy groups -OCH3 is 1. The lowest BCUT2D eigenvalue weighted by Gasteiger charge is -2.11. The second-order valence-electron chi connectivity index (χ2n) is 6.64. The van der Waals surface area contributed by atoms with Gasteiger partial charge in [0.25, 0.3) is 0 Å². The molecule has 0 bridgehead atoms. The van der Waals surface area contributed by atoms with Crippen LogP contribution in [0.4, 0.5) is 0 Å². The largest absolute Gasteiger partial charge is 0.468 e. The van der Waals surface area contributed by atoms with Crippen molar-refractivity contribution in [2.45, 2.75) is 38.3 Å². The van der Waals surface area contributed by atoms with Gasteiger partial charge in [-0.2, -0.15) is 0 Å². The van der Waals surface area contributed by atoms with Crippen LogP contribution in [0.3, 0.4) is 0 Å². The van der Waals surface area contributed by atoms with Gasteiger partial charge in [0.1, 0.15) is 0 Å². The predicted octanol–water partition coefficient (Wildman–Crippen LogP) is 4.85. The van der Waals surface area contributed by atoms with E-state index in [1.54, 1.807) is 0 Å². The van der Waals surface area contributed by atoms with E-state index >= 15 is 0 Å². The molecule has 0 unspecified atom stereocenters. The molecule has 1 heterocycles. The molecule has 28 heavy (non-hydrogen) atoms. The molecule has 0 aliphatic carbocycles. The molecule has 2 aromatic carbocycles. The molecule has 146 valence electrons. The van der Waals surface area contributed by atoms with Gasteiger partial charge in [-0.1, -0.05) is 67.1 Å². The van der Waals surface area contributed by atoms with E-state index in [1.165, 1.54) is 42.8 Å². The highest BCUT2D eigenvalue weighted by Crippen LogP contribution is 2.28. The molecule has 3 rings (SSSR count). The highest BCUT2D eigenvalue weighted by atomic mass is 32.2. The van der Waals surface area contributed by atoms with Gasteiger partial charge in [-0.05, 0) is 37.5 Å². The third-order valence-electron chi connectivity index (χ3n) is 4.50. The lowest BCUT2D eigenvalue weighted by Crippen LogP contribution is -2.05. The minimum Gasteiger partial charge on any atom is -0.468 e. The molecule has 0 atom stereocenters.